The second-order valence-electron chi connectivity index (χ2n) is 5.98. The van der Waals surface area contributed by atoms with Gasteiger partial charge in [0.05, 0.1) is 5.71 Å². The molecule has 0 aromatic heterocycles. The predicted octanol–water partition coefficient (Wildman–Crippen LogP) is 5.14. The van der Waals surface area contributed by atoms with Gasteiger partial charge >= 0.3 is 0 Å². The van der Waals surface area contributed by atoms with Crippen LogP contribution in [0.3, 0.4) is 0 Å². The van der Waals surface area contributed by atoms with Gasteiger partial charge in [0.15, 0.2) is 5.11 Å². The van der Waals surface area contributed by atoms with E-state index in [2.05, 4.69) is 29.6 Å². The summed E-state index contributed by atoms with van der Waals surface area (Å²) in [7, 11) is 0. The van der Waals surface area contributed by atoms with Gasteiger partial charge in [0, 0.05) is 0 Å². The zero-order chi connectivity index (χ0) is 16.8. The number of rotatable bonds is 12. The molecule has 1 aromatic carbocycles. The Morgan fingerprint density at radius 3 is 2.09 bits per heavy atom. The van der Waals surface area contributed by atoms with E-state index in [1.54, 1.807) is 0 Å². The second-order valence-corrected chi connectivity index (χ2v) is 6.42. The van der Waals surface area contributed by atoms with Gasteiger partial charge in [0.2, 0.25) is 0 Å². The average Bonchev–Trinajstić information content (AvgIpc) is 2.56. The average molecular weight is 334 g/mol. The lowest BCUT2D eigenvalue weighted by Crippen LogP contribution is -2.25. The summed E-state index contributed by atoms with van der Waals surface area (Å²) in [6.07, 6.45) is 12.9. The Labute approximate surface area is 146 Å². The number of unbranched alkanes of at least 4 members (excludes halogenated alkanes) is 8. The summed E-state index contributed by atoms with van der Waals surface area (Å²) in [5, 5.41) is 4.58. The molecule has 0 bridgehead atoms. The van der Waals surface area contributed by atoms with Gasteiger partial charge in [-0.25, -0.2) is 0 Å². The van der Waals surface area contributed by atoms with Crippen molar-refractivity contribution in [3.8, 4) is 0 Å². The largest absolute Gasteiger partial charge is 0.375 e. The summed E-state index contributed by atoms with van der Waals surface area (Å²) >= 11 is 4.84. The lowest BCUT2D eigenvalue weighted by atomic mass is 10.0. The van der Waals surface area contributed by atoms with Crippen LogP contribution < -0.4 is 11.2 Å². The molecule has 0 spiro atoms. The van der Waals surface area contributed by atoms with E-state index in [1.807, 2.05) is 18.2 Å². The third kappa shape index (κ3) is 10.1. The summed E-state index contributed by atoms with van der Waals surface area (Å²) in [6, 6.07) is 10.2. The number of nitrogens with zero attached hydrogens (tertiary/aromatic N) is 1. The number of nitrogens with two attached hydrogens (primary N) is 1. The zero-order valence-electron chi connectivity index (χ0n) is 14.4. The molecule has 0 radical (unpaired) electrons. The quantitative estimate of drug-likeness (QED) is 0.241. The molecule has 0 aliphatic carbocycles. The molecule has 3 nitrogen and oxygen atoms in total. The van der Waals surface area contributed by atoms with E-state index in [-0.39, 0.29) is 5.11 Å². The molecule has 1 aromatic rings. The van der Waals surface area contributed by atoms with Crippen LogP contribution in [-0.2, 0) is 0 Å². The van der Waals surface area contributed by atoms with Crippen LogP contribution in [0.15, 0.2) is 35.4 Å². The van der Waals surface area contributed by atoms with E-state index in [1.165, 1.54) is 51.4 Å². The topological polar surface area (TPSA) is 50.4 Å². The Kier molecular flexibility index (Phi) is 11.1. The molecule has 0 fully saturated rings. The fraction of sp³-hybridized carbons (Fsp3) is 0.579. The molecule has 3 N–H and O–H groups in total. The molecule has 0 aliphatic rings. The summed E-state index contributed by atoms with van der Waals surface area (Å²) in [5.74, 6) is 0. The first-order valence-corrected chi connectivity index (χ1v) is 9.32. The SMILES string of the molecule is CCCCCCCCCCC/C(=N\NC(N)=S)c1ccccc1. The molecule has 0 unspecified atom stereocenters. The van der Waals surface area contributed by atoms with Gasteiger partial charge in [-0.1, -0.05) is 88.6 Å². The molecule has 0 saturated heterocycles. The third-order valence-corrected chi connectivity index (χ3v) is 4.02. The highest BCUT2D eigenvalue weighted by Gasteiger charge is 2.03. The van der Waals surface area contributed by atoms with Crippen LogP contribution in [-0.4, -0.2) is 10.8 Å². The minimum Gasteiger partial charge on any atom is -0.375 e. The molecule has 0 aliphatic heterocycles. The van der Waals surface area contributed by atoms with Gasteiger partial charge < -0.3 is 5.73 Å². The van der Waals surface area contributed by atoms with Crippen LogP contribution in [0, 0.1) is 0 Å². The Morgan fingerprint density at radius 1 is 0.957 bits per heavy atom. The molecule has 1 rings (SSSR count). The standard InChI is InChI=1S/C19H31N3S/c1-2-3-4-5-6-7-8-9-13-16-18(21-22-19(20)23)17-14-11-10-12-15-17/h10-12,14-15H,2-9,13,16H2,1H3,(H3,20,22,23)/b21-18+. The van der Waals surface area contributed by atoms with Crippen molar-refractivity contribution in [2.45, 2.75) is 71.1 Å². The van der Waals surface area contributed by atoms with E-state index in [4.69, 9.17) is 18.0 Å². The zero-order valence-corrected chi connectivity index (χ0v) is 15.2. The Bertz CT molecular complexity index is 457. The Morgan fingerprint density at radius 2 is 1.52 bits per heavy atom. The van der Waals surface area contributed by atoms with Crippen LogP contribution in [0.4, 0.5) is 0 Å². The monoisotopic (exact) mass is 333 g/mol. The molecule has 23 heavy (non-hydrogen) atoms. The number of hydrogen-bond donors (Lipinski definition) is 2. The van der Waals surface area contributed by atoms with Crippen molar-refractivity contribution in [3.63, 3.8) is 0 Å². The van der Waals surface area contributed by atoms with E-state index in [0.717, 1.165) is 24.1 Å². The maximum atomic E-state index is 5.48. The molecular formula is C19H31N3S. The molecule has 0 atom stereocenters. The maximum Gasteiger partial charge on any atom is 0.184 e. The van der Waals surface area contributed by atoms with Gasteiger partial charge in [-0.05, 0) is 30.6 Å². The number of hydrazone groups is 1. The van der Waals surface area contributed by atoms with E-state index >= 15 is 0 Å². The van der Waals surface area contributed by atoms with Gasteiger partial charge in [0.1, 0.15) is 0 Å². The van der Waals surface area contributed by atoms with Crippen LogP contribution in [0.2, 0.25) is 0 Å². The Hall–Kier alpha value is -1.42. The minimum absolute atomic E-state index is 0.213. The molecule has 0 saturated carbocycles. The first-order chi connectivity index (χ1) is 11.2. The fourth-order valence-corrected chi connectivity index (χ4v) is 2.67. The lowest BCUT2D eigenvalue weighted by molar-refractivity contribution is 0.568. The van der Waals surface area contributed by atoms with Crippen molar-refractivity contribution in [3.05, 3.63) is 35.9 Å². The number of thiocarbonyl (C=S) groups is 1. The normalized spacial score (nSPS) is 11.4. The highest BCUT2D eigenvalue weighted by Crippen LogP contribution is 2.13. The van der Waals surface area contributed by atoms with E-state index < -0.39 is 0 Å². The van der Waals surface area contributed by atoms with Gasteiger partial charge in [0.25, 0.3) is 0 Å². The highest BCUT2D eigenvalue weighted by molar-refractivity contribution is 7.80. The van der Waals surface area contributed by atoms with E-state index in [0.29, 0.717) is 0 Å². The van der Waals surface area contributed by atoms with Crippen molar-refractivity contribution in [2.75, 3.05) is 0 Å². The highest BCUT2D eigenvalue weighted by atomic mass is 32.1. The van der Waals surface area contributed by atoms with Crippen molar-refractivity contribution in [2.24, 2.45) is 10.8 Å². The third-order valence-electron chi connectivity index (χ3n) is 3.93. The molecule has 0 heterocycles. The van der Waals surface area contributed by atoms with Crippen molar-refractivity contribution < 1.29 is 0 Å². The van der Waals surface area contributed by atoms with Crippen molar-refractivity contribution >= 4 is 23.0 Å². The van der Waals surface area contributed by atoms with Gasteiger partial charge in [-0.15, -0.1) is 0 Å². The smallest absolute Gasteiger partial charge is 0.184 e. The van der Waals surface area contributed by atoms with Gasteiger partial charge in [-0.2, -0.15) is 5.10 Å². The molecule has 0 amide bonds. The van der Waals surface area contributed by atoms with Crippen LogP contribution in [0.1, 0.15) is 76.7 Å². The van der Waals surface area contributed by atoms with Crippen LogP contribution in [0.5, 0.6) is 0 Å². The first kappa shape index (κ1) is 19.6. The van der Waals surface area contributed by atoms with Crippen LogP contribution >= 0.6 is 12.2 Å². The van der Waals surface area contributed by atoms with Gasteiger partial charge in [-0.3, -0.25) is 5.43 Å². The first-order valence-electron chi connectivity index (χ1n) is 8.91. The minimum atomic E-state index is 0.213. The molecular weight excluding hydrogens is 302 g/mol. The number of nitrogens with one attached hydrogen (secondary N) is 1. The summed E-state index contributed by atoms with van der Waals surface area (Å²) in [6.45, 7) is 2.26. The van der Waals surface area contributed by atoms with Crippen molar-refractivity contribution in [1.29, 1.82) is 0 Å². The fourth-order valence-electron chi connectivity index (χ4n) is 2.62. The summed E-state index contributed by atoms with van der Waals surface area (Å²) < 4.78 is 0. The second kappa shape index (κ2) is 13.1. The maximum absolute atomic E-state index is 5.48. The lowest BCUT2D eigenvalue weighted by Gasteiger charge is -2.08. The predicted molar refractivity (Wildman–Crippen MR) is 105 cm³/mol. The molecule has 4 heteroatoms. The number of hydrogen-bond acceptors (Lipinski definition) is 2. The summed E-state index contributed by atoms with van der Waals surface area (Å²) in [5.41, 5.74) is 10.4. The molecule has 128 valence electrons. The number of benzene rings is 1. The summed E-state index contributed by atoms with van der Waals surface area (Å²) in [4.78, 5) is 0. The van der Waals surface area contributed by atoms with Crippen molar-refractivity contribution in [1.82, 2.24) is 5.43 Å². The van der Waals surface area contributed by atoms with Crippen LogP contribution in [0.25, 0.3) is 0 Å². The Balaban J connectivity index is 2.27. The van der Waals surface area contributed by atoms with E-state index in [9.17, 15) is 0 Å².